The van der Waals surface area contributed by atoms with E-state index >= 15 is 0 Å². The molecule has 2 saturated carbocycles. The lowest BCUT2D eigenvalue weighted by Crippen LogP contribution is -2.75. The van der Waals surface area contributed by atoms with Gasteiger partial charge in [-0.2, -0.15) is 18.1 Å². The number of fused-ring (bicyclic) bond motifs is 3. The molecule has 1 aliphatic heterocycles. The van der Waals surface area contributed by atoms with E-state index in [-0.39, 0.29) is 28.5 Å². The number of rotatable bonds is 6. The predicted molar refractivity (Wildman–Crippen MR) is 107 cm³/mol. The number of ether oxygens (including phenoxy) is 1. The zero-order valence-corrected chi connectivity index (χ0v) is 18.9. The Kier molecular flexibility index (Phi) is 6.38. The molecule has 3 fully saturated rings. The maximum Gasteiger partial charge on any atom is 0.524 e. The second-order valence-corrected chi connectivity index (χ2v) is 10.6. The van der Waals surface area contributed by atoms with Gasteiger partial charge in [0.1, 0.15) is 12.4 Å². The average Bonchev–Trinajstić information content (AvgIpc) is 2.64. The van der Waals surface area contributed by atoms with Crippen molar-refractivity contribution in [2.24, 2.45) is 17.8 Å². The fourth-order valence-corrected chi connectivity index (χ4v) is 6.60. The van der Waals surface area contributed by atoms with Gasteiger partial charge in [0.05, 0.1) is 0 Å². The van der Waals surface area contributed by atoms with Crippen LogP contribution in [-0.4, -0.2) is 33.5 Å². The molecular formula is C20H25ClF3O7P. The second-order valence-electron chi connectivity index (χ2n) is 8.80. The zero-order chi connectivity index (χ0) is 23.4. The Labute approximate surface area is 188 Å². The number of phosphoric ester groups is 1. The third-order valence-corrected chi connectivity index (χ3v) is 7.56. The number of halogens is 4. The highest BCUT2D eigenvalue weighted by Gasteiger charge is 2.75. The van der Waals surface area contributed by atoms with Crippen LogP contribution < -0.4 is 4.52 Å². The second kappa shape index (κ2) is 8.41. The topological polar surface area (TPSA) is 94.5 Å². The Hall–Kier alpha value is -0.870. The van der Waals surface area contributed by atoms with E-state index in [0.29, 0.717) is 25.2 Å². The third kappa shape index (κ3) is 4.31. The summed E-state index contributed by atoms with van der Waals surface area (Å²) in [5.41, 5.74) is -1.09. The maximum atomic E-state index is 13.2. The van der Waals surface area contributed by atoms with Crippen molar-refractivity contribution < 1.29 is 46.6 Å². The van der Waals surface area contributed by atoms with Gasteiger partial charge < -0.3 is 9.26 Å². The van der Waals surface area contributed by atoms with Crippen LogP contribution in [0.15, 0.2) is 24.3 Å². The minimum atomic E-state index is -4.89. The summed E-state index contributed by atoms with van der Waals surface area (Å²) >= 11 is 6.48. The van der Waals surface area contributed by atoms with Crippen molar-refractivity contribution in [3.05, 3.63) is 29.8 Å². The quantitative estimate of drug-likeness (QED) is 0.321. The Morgan fingerprint density at radius 2 is 1.97 bits per heavy atom. The first kappa shape index (κ1) is 24.3. The molecule has 1 heterocycles. The van der Waals surface area contributed by atoms with E-state index in [2.05, 4.69) is 4.52 Å². The first-order valence-electron chi connectivity index (χ1n) is 10.5. The molecule has 0 amide bonds. The van der Waals surface area contributed by atoms with Crippen LogP contribution in [0.2, 0.25) is 0 Å². The smallest absolute Gasteiger partial charge is 0.404 e. The summed E-state index contributed by atoms with van der Waals surface area (Å²) in [6.07, 6.45) is -1.21. The van der Waals surface area contributed by atoms with Crippen molar-refractivity contribution in [2.45, 2.75) is 62.0 Å². The summed E-state index contributed by atoms with van der Waals surface area (Å²) in [7, 11) is -4.89. The van der Waals surface area contributed by atoms with Gasteiger partial charge in [-0.05, 0) is 55.6 Å². The summed E-state index contributed by atoms with van der Waals surface area (Å²) in [6, 6.07) is 5.40. The Morgan fingerprint density at radius 1 is 1.22 bits per heavy atom. The summed E-state index contributed by atoms with van der Waals surface area (Å²) in [4.78, 5) is 29.5. The van der Waals surface area contributed by atoms with Gasteiger partial charge in [-0.3, -0.25) is 9.79 Å². The Bertz CT molecular complexity index is 894. The molecule has 180 valence electrons. The van der Waals surface area contributed by atoms with Crippen LogP contribution in [0.5, 0.6) is 5.75 Å². The van der Waals surface area contributed by atoms with Gasteiger partial charge >= 0.3 is 14.0 Å². The fourth-order valence-electron chi connectivity index (χ4n) is 5.74. The standard InChI is InChI=1S/C20H25ClF3O7P/c1-2-13-6-12-7-15(9-16(21)8-12)19(13)20(31-30-19,28-11-18(22,23)24)14-4-3-5-17(10-14)29-32(25,26)27/h3-5,10,12-13,15-16H,2,6-9,11H2,1H3,(H2,25,26,27). The van der Waals surface area contributed by atoms with E-state index in [1.165, 1.54) is 24.3 Å². The molecule has 2 N–H and O–H groups in total. The lowest BCUT2D eigenvalue weighted by Gasteiger charge is -2.65. The molecule has 4 rings (SSSR count). The molecule has 3 aliphatic rings. The van der Waals surface area contributed by atoms with Crippen LogP contribution in [-0.2, 0) is 24.9 Å². The van der Waals surface area contributed by atoms with Crippen LogP contribution in [0.3, 0.4) is 0 Å². The maximum absolute atomic E-state index is 13.2. The summed E-state index contributed by atoms with van der Waals surface area (Å²) in [5, 5.41) is -0.137. The van der Waals surface area contributed by atoms with Crippen molar-refractivity contribution in [1.29, 1.82) is 0 Å². The largest absolute Gasteiger partial charge is 0.524 e. The van der Waals surface area contributed by atoms with Crippen LogP contribution in [0.25, 0.3) is 0 Å². The highest BCUT2D eigenvalue weighted by Crippen LogP contribution is 2.65. The van der Waals surface area contributed by atoms with Crippen molar-refractivity contribution in [2.75, 3.05) is 6.61 Å². The summed E-state index contributed by atoms with van der Waals surface area (Å²) in [5.74, 6) is -2.20. The van der Waals surface area contributed by atoms with Gasteiger partial charge in [0.2, 0.25) is 0 Å². The number of benzene rings is 1. The lowest BCUT2D eigenvalue weighted by molar-refractivity contribution is -0.646. The Balaban J connectivity index is 1.80. The fraction of sp³-hybridized carbons (Fsp3) is 0.700. The number of phosphoric acid groups is 1. The van der Waals surface area contributed by atoms with E-state index < -0.39 is 32.0 Å². The molecule has 12 heteroatoms. The first-order chi connectivity index (χ1) is 14.9. The van der Waals surface area contributed by atoms with Gasteiger partial charge in [0, 0.05) is 10.9 Å². The van der Waals surface area contributed by atoms with Gasteiger partial charge in [-0.15, -0.1) is 11.6 Å². The molecule has 1 aromatic rings. The molecule has 2 aliphatic carbocycles. The molecule has 7 nitrogen and oxygen atoms in total. The van der Waals surface area contributed by atoms with Crippen molar-refractivity contribution in [1.82, 2.24) is 0 Å². The normalized spacial score (nSPS) is 37.2. The lowest BCUT2D eigenvalue weighted by atomic mass is 9.54. The molecule has 1 aromatic carbocycles. The van der Waals surface area contributed by atoms with Crippen LogP contribution in [0, 0.1) is 17.8 Å². The molecule has 6 atom stereocenters. The minimum Gasteiger partial charge on any atom is -0.404 e. The molecule has 2 bridgehead atoms. The van der Waals surface area contributed by atoms with E-state index in [1.807, 2.05) is 6.92 Å². The summed E-state index contributed by atoms with van der Waals surface area (Å²) < 4.78 is 61.2. The molecule has 1 saturated heterocycles. The first-order valence-corrected chi connectivity index (χ1v) is 12.4. The summed E-state index contributed by atoms with van der Waals surface area (Å²) in [6.45, 7) is 0.355. The molecular weight excluding hydrogens is 476 g/mol. The van der Waals surface area contributed by atoms with Gasteiger partial charge in [0.25, 0.3) is 5.79 Å². The van der Waals surface area contributed by atoms with E-state index in [0.717, 1.165) is 12.8 Å². The van der Waals surface area contributed by atoms with Crippen LogP contribution in [0.1, 0.15) is 44.6 Å². The SMILES string of the molecule is CCC1CC2CC(Cl)CC(C2)C12OOC2(OCC(F)(F)F)c1cccc(OP(=O)(O)O)c1. The van der Waals surface area contributed by atoms with Gasteiger partial charge in [0.15, 0.2) is 5.60 Å². The highest BCUT2D eigenvalue weighted by atomic mass is 35.5. The Morgan fingerprint density at radius 3 is 2.56 bits per heavy atom. The van der Waals surface area contributed by atoms with Crippen molar-refractivity contribution in [3.63, 3.8) is 0 Å². The van der Waals surface area contributed by atoms with E-state index in [9.17, 15) is 17.7 Å². The molecule has 1 spiro atoms. The molecule has 6 unspecified atom stereocenters. The van der Waals surface area contributed by atoms with Gasteiger partial charge in [-0.25, -0.2) is 9.45 Å². The van der Waals surface area contributed by atoms with Gasteiger partial charge in [-0.1, -0.05) is 25.5 Å². The number of hydrogen-bond donors (Lipinski definition) is 2. The monoisotopic (exact) mass is 500 g/mol. The average molecular weight is 501 g/mol. The van der Waals surface area contributed by atoms with Crippen molar-refractivity contribution in [3.8, 4) is 5.75 Å². The highest BCUT2D eigenvalue weighted by molar-refractivity contribution is 7.46. The predicted octanol–water partition coefficient (Wildman–Crippen LogP) is 5.04. The van der Waals surface area contributed by atoms with Crippen molar-refractivity contribution >= 4 is 19.4 Å². The molecule has 0 radical (unpaired) electrons. The van der Waals surface area contributed by atoms with E-state index in [1.54, 1.807) is 0 Å². The van der Waals surface area contributed by atoms with Crippen LogP contribution >= 0.6 is 19.4 Å². The van der Waals surface area contributed by atoms with E-state index in [4.69, 9.17) is 35.9 Å². The number of hydrogen-bond acceptors (Lipinski definition) is 5. The number of alkyl halides is 4. The molecule has 0 aromatic heterocycles. The minimum absolute atomic E-state index is 0.132. The van der Waals surface area contributed by atoms with Crippen LogP contribution in [0.4, 0.5) is 13.2 Å². The third-order valence-electron chi connectivity index (χ3n) is 6.76. The molecule has 32 heavy (non-hydrogen) atoms. The zero-order valence-electron chi connectivity index (χ0n) is 17.3.